The summed E-state index contributed by atoms with van der Waals surface area (Å²) in [5, 5.41) is 6.41. The van der Waals surface area contributed by atoms with Gasteiger partial charge in [-0.15, -0.1) is 0 Å². The van der Waals surface area contributed by atoms with Crippen molar-refractivity contribution in [3.63, 3.8) is 0 Å². The second-order valence-electron chi connectivity index (χ2n) is 6.09. The van der Waals surface area contributed by atoms with Crippen LogP contribution in [0.2, 0.25) is 5.02 Å². The summed E-state index contributed by atoms with van der Waals surface area (Å²) in [5.41, 5.74) is 1.20. The Morgan fingerprint density at radius 1 is 1.13 bits per heavy atom. The van der Waals surface area contributed by atoms with E-state index in [1.165, 1.54) is 7.05 Å². The average molecular weight is 445 g/mol. The van der Waals surface area contributed by atoms with Gasteiger partial charge in [-0.1, -0.05) is 41.0 Å². The Morgan fingerprint density at radius 3 is 2.55 bits per heavy atom. The number of amides is 1. The molecule has 1 heterocycles. The number of nitrogens with one attached hydrogen (secondary N) is 1. The minimum atomic E-state index is -0.879. The molecule has 0 spiro atoms. The SMILES string of the molecule is CNC(=O)C=NOCc1ccccc1Oc1ncnc(Oc2cccc(Cl)c2C)c1F. The number of rotatable bonds is 8. The first-order valence-electron chi connectivity index (χ1n) is 9.06. The van der Waals surface area contributed by atoms with Gasteiger partial charge in [0, 0.05) is 23.2 Å². The van der Waals surface area contributed by atoms with Crippen LogP contribution in [0.15, 0.2) is 53.9 Å². The van der Waals surface area contributed by atoms with Crippen LogP contribution in [0.25, 0.3) is 0 Å². The molecule has 3 rings (SSSR count). The number of aromatic nitrogens is 2. The number of carbonyl (C=O) groups excluding carboxylic acids is 1. The van der Waals surface area contributed by atoms with Gasteiger partial charge in [0.25, 0.3) is 17.7 Å². The molecule has 0 atom stereocenters. The van der Waals surface area contributed by atoms with Gasteiger partial charge in [-0.25, -0.2) is 0 Å². The van der Waals surface area contributed by atoms with Gasteiger partial charge in [-0.05, 0) is 25.1 Å². The molecule has 10 heteroatoms. The van der Waals surface area contributed by atoms with Crippen LogP contribution in [0.3, 0.4) is 0 Å². The maximum Gasteiger partial charge on any atom is 0.265 e. The monoisotopic (exact) mass is 444 g/mol. The second kappa shape index (κ2) is 10.4. The third kappa shape index (κ3) is 5.67. The summed E-state index contributed by atoms with van der Waals surface area (Å²) in [4.78, 5) is 23.9. The summed E-state index contributed by atoms with van der Waals surface area (Å²) < 4.78 is 26.1. The molecule has 0 saturated carbocycles. The van der Waals surface area contributed by atoms with Crippen LogP contribution in [-0.2, 0) is 16.2 Å². The first kappa shape index (κ1) is 22.0. The number of hydrogen-bond acceptors (Lipinski definition) is 7. The smallest absolute Gasteiger partial charge is 0.265 e. The average Bonchev–Trinajstić information content (AvgIpc) is 2.77. The lowest BCUT2D eigenvalue weighted by Crippen LogP contribution is -2.18. The van der Waals surface area contributed by atoms with Gasteiger partial charge in [0.15, 0.2) is 0 Å². The molecule has 0 bridgehead atoms. The van der Waals surface area contributed by atoms with Gasteiger partial charge in [-0.3, -0.25) is 4.79 Å². The fourth-order valence-corrected chi connectivity index (χ4v) is 2.53. The van der Waals surface area contributed by atoms with Crippen LogP contribution in [0.1, 0.15) is 11.1 Å². The molecule has 0 aliphatic heterocycles. The molecule has 0 aliphatic carbocycles. The lowest BCUT2D eigenvalue weighted by molar-refractivity contribution is -0.114. The highest BCUT2D eigenvalue weighted by molar-refractivity contribution is 6.31. The van der Waals surface area contributed by atoms with Gasteiger partial charge in [0.1, 0.15) is 30.6 Å². The number of benzene rings is 2. The van der Waals surface area contributed by atoms with E-state index in [1.807, 2.05) is 0 Å². The molecule has 0 saturated heterocycles. The lowest BCUT2D eigenvalue weighted by Gasteiger charge is -2.12. The standard InChI is InChI=1S/C21H18ClFN4O4/c1-13-15(22)7-5-9-16(13)30-20-19(23)21(26-12-25-20)31-17-8-4-3-6-14(17)11-29-27-10-18(28)24-2/h3-10,12H,11H2,1-2H3,(H,24,28). The number of ether oxygens (including phenoxy) is 2. The first-order valence-corrected chi connectivity index (χ1v) is 9.43. The van der Waals surface area contributed by atoms with E-state index >= 15 is 0 Å². The summed E-state index contributed by atoms with van der Waals surface area (Å²) in [6.07, 6.45) is 2.12. The number of nitrogens with zero attached hydrogens (tertiary/aromatic N) is 3. The minimum Gasteiger partial charge on any atom is -0.436 e. The Balaban J connectivity index is 1.78. The van der Waals surface area contributed by atoms with Crippen molar-refractivity contribution in [3.05, 3.63) is 70.8 Å². The molecule has 160 valence electrons. The molecule has 1 aromatic heterocycles. The van der Waals surface area contributed by atoms with Crippen LogP contribution in [0, 0.1) is 12.7 Å². The summed E-state index contributed by atoms with van der Waals surface area (Å²) in [7, 11) is 1.47. The van der Waals surface area contributed by atoms with Crippen molar-refractivity contribution < 1.29 is 23.5 Å². The van der Waals surface area contributed by atoms with Crippen molar-refractivity contribution in [1.82, 2.24) is 15.3 Å². The predicted molar refractivity (Wildman–Crippen MR) is 112 cm³/mol. The number of oxime groups is 1. The zero-order valence-corrected chi connectivity index (χ0v) is 17.4. The van der Waals surface area contributed by atoms with E-state index in [2.05, 4.69) is 20.4 Å². The fraction of sp³-hybridized carbons (Fsp3) is 0.143. The van der Waals surface area contributed by atoms with Gasteiger partial charge in [0.2, 0.25) is 5.82 Å². The van der Waals surface area contributed by atoms with Crippen LogP contribution in [0.4, 0.5) is 4.39 Å². The second-order valence-corrected chi connectivity index (χ2v) is 6.50. The minimum absolute atomic E-state index is 0.0125. The van der Waals surface area contributed by atoms with Crippen LogP contribution in [-0.4, -0.2) is 29.1 Å². The maximum absolute atomic E-state index is 14.9. The summed E-state index contributed by atoms with van der Waals surface area (Å²) >= 11 is 6.08. The van der Waals surface area contributed by atoms with E-state index in [0.717, 1.165) is 12.5 Å². The zero-order chi connectivity index (χ0) is 22.2. The van der Waals surface area contributed by atoms with Crippen molar-refractivity contribution >= 4 is 23.7 Å². The van der Waals surface area contributed by atoms with Gasteiger partial charge < -0.3 is 19.6 Å². The number of hydrogen-bond donors (Lipinski definition) is 1. The Kier molecular flexibility index (Phi) is 7.34. The van der Waals surface area contributed by atoms with Crippen molar-refractivity contribution in [2.24, 2.45) is 5.16 Å². The van der Waals surface area contributed by atoms with Crippen molar-refractivity contribution in [2.45, 2.75) is 13.5 Å². The summed E-state index contributed by atoms with van der Waals surface area (Å²) in [6.45, 7) is 1.73. The summed E-state index contributed by atoms with van der Waals surface area (Å²) in [5.74, 6) is -1.27. The third-order valence-electron chi connectivity index (χ3n) is 4.04. The van der Waals surface area contributed by atoms with E-state index in [0.29, 0.717) is 27.6 Å². The van der Waals surface area contributed by atoms with Crippen LogP contribution in [0.5, 0.6) is 23.3 Å². The maximum atomic E-state index is 14.9. The van der Waals surface area contributed by atoms with E-state index in [4.69, 9.17) is 25.9 Å². The normalized spacial score (nSPS) is 10.7. The van der Waals surface area contributed by atoms with E-state index in [-0.39, 0.29) is 18.4 Å². The Labute approximate surface area is 182 Å². The first-order chi connectivity index (χ1) is 15.0. The molecule has 0 aliphatic rings. The van der Waals surface area contributed by atoms with Gasteiger partial charge >= 0.3 is 0 Å². The third-order valence-corrected chi connectivity index (χ3v) is 4.45. The topological polar surface area (TPSA) is 94.9 Å². The summed E-state index contributed by atoms with van der Waals surface area (Å²) in [6, 6.07) is 11.8. The zero-order valence-electron chi connectivity index (χ0n) is 16.6. The molecule has 1 amide bonds. The van der Waals surface area contributed by atoms with Crippen molar-refractivity contribution in [1.29, 1.82) is 0 Å². The Hall–Kier alpha value is -3.72. The highest BCUT2D eigenvalue weighted by Gasteiger charge is 2.18. The highest BCUT2D eigenvalue weighted by atomic mass is 35.5. The molecule has 1 N–H and O–H groups in total. The van der Waals surface area contributed by atoms with Gasteiger partial charge in [-0.2, -0.15) is 14.4 Å². The van der Waals surface area contributed by atoms with Crippen molar-refractivity contribution in [2.75, 3.05) is 7.05 Å². The van der Waals surface area contributed by atoms with E-state index in [1.54, 1.807) is 49.4 Å². The highest BCUT2D eigenvalue weighted by Crippen LogP contribution is 2.33. The van der Waals surface area contributed by atoms with E-state index in [9.17, 15) is 9.18 Å². The molecular formula is C21H18ClFN4O4. The Morgan fingerprint density at radius 2 is 1.81 bits per heavy atom. The molecule has 0 radical (unpaired) electrons. The largest absolute Gasteiger partial charge is 0.436 e. The molecule has 2 aromatic carbocycles. The number of carbonyl (C=O) groups is 1. The predicted octanol–water partition coefficient (Wildman–Crippen LogP) is 4.41. The quantitative estimate of drug-likeness (QED) is 0.408. The fourth-order valence-electron chi connectivity index (χ4n) is 2.37. The van der Waals surface area contributed by atoms with Crippen molar-refractivity contribution in [3.8, 4) is 23.3 Å². The Bertz CT molecular complexity index is 1110. The van der Waals surface area contributed by atoms with E-state index < -0.39 is 11.7 Å². The molecular weight excluding hydrogens is 427 g/mol. The lowest BCUT2D eigenvalue weighted by atomic mass is 10.2. The molecule has 31 heavy (non-hydrogen) atoms. The molecule has 0 fully saturated rings. The number of para-hydroxylation sites is 1. The number of halogens is 2. The van der Waals surface area contributed by atoms with Gasteiger partial charge in [0.05, 0.1) is 0 Å². The molecule has 8 nitrogen and oxygen atoms in total. The molecule has 3 aromatic rings. The molecule has 0 unspecified atom stereocenters. The van der Waals surface area contributed by atoms with Crippen LogP contribution < -0.4 is 14.8 Å². The van der Waals surface area contributed by atoms with Crippen LogP contribution >= 0.6 is 11.6 Å².